The van der Waals surface area contributed by atoms with Gasteiger partial charge in [0.15, 0.2) is 11.6 Å². The van der Waals surface area contributed by atoms with Gasteiger partial charge in [-0.05, 0) is 227 Å². The Balaban J connectivity index is 0.000000754. The largest absolute Gasteiger partial charge is 0.324 e. The molecule has 0 unspecified atom stereocenters. The maximum Gasteiger partial charge on any atom is 0.159 e. The van der Waals surface area contributed by atoms with Gasteiger partial charge in [0.05, 0.1) is 10.0 Å². The summed E-state index contributed by atoms with van der Waals surface area (Å²) in [7, 11) is 1.98. The highest BCUT2D eigenvalue weighted by Gasteiger charge is 2.29. The number of benzene rings is 8. The zero-order valence-corrected chi connectivity index (χ0v) is 90.5. The predicted molar refractivity (Wildman–Crippen MR) is 581 cm³/mol. The molecule has 132 heavy (non-hydrogen) atoms. The first kappa shape index (κ1) is 123. The summed E-state index contributed by atoms with van der Waals surface area (Å²) < 4.78 is 40.3. The summed E-state index contributed by atoms with van der Waals surface area (Å²) in [6, 6.07) is 54.9. The summed E-state index contributed by atoms with van der Waals surface area (Å²) >= 11 is 33.1. The van der Waals surface area contributed by atoms with E-state index < -0.39 is 11.6 Å². The van der Waals surface area contributed by atoms with Gasteiger partial charge in [-0.3, -0.25) is 0 Å². The fourth-order valence-electron chi connectivity index (χ4n) is 13.0. The molecule has 8 aromatic carbocycles. The highest BCUT2D eigenvalue weighted by molar-refractivity contribution is 9.10. The monoisotopic (exact) mass is 1970 g/mol. The van der Waals surface area contributed by atoms with Crippen LogP contribution >= 0.6 is 73.9 Å². The van der Waals surface area contributed by atoms with Crippen LogP contribution < -0.4 is 45.5 Å². The average Bonchev–Trinajstić information content (AvgIpc) is 0.861. The molecule has 8 aromatic rings. The number of aryl methyl sites for hydroxylation is 2. The van der Waals surface area contributed by atoms with Gasteiger partial charge < -0.3 is 45.5 Å². The number of hydrogen-bond donors (Lipinski definition) is 8. The minimum Gasteiger partial charge on any atom is -0.324 e. The van der Waals surface area contributed by atoms with Crippen LogP contribution in [0.25, 0.3) is 0 Å². The van der Waals surface area contributed by atoms with Crippen LogP contribution in [0, 0.1) is 74.6 Å². The molecule has 0 radical (unpaired) electrons. The maximum atomic E-state index is 13.4. The second-order valence-electron chi connectivity index (χ2n) is 43.0. The minimum atomic E-state index is -0.837. The quantitative estimate of drug-likeness (QED) is 0.0259. The molecule has 0 aliphatic heterocycles. The zero-order chi connectivity index (χ0) is 102. The molecule has 0 aromatic heterocycles. The molecular formula is C115H165BrCl5F3N8. The second kappa shape index (κ2) is 55.5. The molecule has 0 aliphatic carbocycles. The van der Waals surface area contributed by atoms with Crippen LogP contribution in [0.5, 0.6) is 0 Å². The summed E-state index contributed by atoms with van der Waals surface area (Å²) in [5.41, 5.74) is 62.7. The molecule has 15 N–H and O–H groups in total. The molecule has 728 valence electrons. The van der Waals surface area contributed by atoms with Crippen molar-refractivity contribution in [3.8, 4) is 0 Å². The highest BCUT2D eigenvalue weighted by atomic mass is 79.9. The molecule has 0 saturated heterocycles. The third-order valence-corrected chi connectivity index (χ3v) is 25.3. The Labute approximate surface area is 832 Å². The van der Waals surface area contributed by atoms with E-state index in [1.807, 2.05) is 82.4 Å². The minimum absolute atomic E-state index is 0.0122. The van der Waals surface area contributed by atoms with E-state index in [9.17, 15) is 13.2 Å². The van der Waals surface area contributed by atoms with Crippen molar-refractivity contribution in [1.29, 1.82) is 0 Å². The number of hydrogen-bond acceptors (Lipinski definition) is 8. The lowest BCUT2D eigenvalue weighted by atomic mass is 9.81. The average molecular weight is 1970 g/mol. The van der Waals surface area contributed by atoms with E-state index in [1.54, 1.807) is 30.3 Å². The molecule has 0 saturated carbocycles. The Morgan fingerprint density at radius 2 is 0.553 bits per heavy atom. The van der Waals surface area contributed by atoms with Crippen molar-refractivity contribution in [2.24, 2.45) is 83.5 Å². The van der Waals surface area contributed by atoms with Crippen molar-refractivity contribution in [3.05, 3.63) is 376 Å². The van der Waals surface area contributed by atoms with E-state index in [2.05, 4.69) is 306 Å². The first-order valence-corrected chi connectivity index (χ1v) is 48.1. The molecule has 0 heterocycles. The Bertz CT molecular complexity index is 4700. The van der Waals surface area contributed by atoms with Gasteiger partial charge in [0.25, 0.3) is 0 Å². The Kier molecular flexibility index (Phi) is 51.7. The van der Waals surface area contributed by atoms with Gasteiger partial charge >= 0.3 is 0 Å². The molecular weight excluding hydrogens is 1810 g/mol. The number of halogens is 9. The highest BCUT2D eigenvalue weighted by Crippen LogP contribution is 2.36. The molecule has 0 fully saturated rings. The summed E-state index contributed by atoms with van der Waals surface area (Å²) in [5.74, 6) is -1.87. The summed E-state index contributed by atoms with van der Waals surface area (Å²) in [4.78, 5) is 0. The van der Waals surface area contributed by atoms with Gasteiger partial charge in [-0.1, -0.05) is 458 Å². The van der Waals surface area contributed by atoms with Gasteiger partial charge in [-0.15, -0.1) is 0 Å². The lowest BCUT2D eigenvalue weighted by molar-refractivity contribution is 0.438. The van der Waals surface area contributed by atoms with Crippen molar-refractivity contribution >= 4 is 73.9 Å². The Morgan fingerprint density at radius 1 is 0.280 bits per heavy atom. The normalized spacial score (nSPS) is 13.5. The van der Waals surface area contributed by atoms with E-state index >= 15 is 0 Å². The van der Waals surface area contributed by atoms with Crippen molar-refractivity contribution in [2.45, 2.75) is 280 Å². The molecule has 17 heteroatoms. The van der Waals surface area contributed by atoms with Crippen LogP contribution in [0.15, 0.2) is 278 Å². The fraction of sp³-hybridized carbons (Fsp3) is 0.443. The lowest BCUT2D eigenvalue weighted by Crippen LogP contribution is -2.34. The SMILES string of the molecule is C=C([C@@H](Cc1ccc(Cl)cc1)NC)C(C)(C)C.C=C([C@H](N)Cc1ccc(Br)cc1)C(C)(C)C.C=C([C@H](N)Cc1ccc(C)cc1)C(C)(C)C.C=C([C@H](N)Cc1ccc(C)cc1)C(C)(C)C.C=C([C@H](N)Cc1ccc(Cl)c(Cl)c1)C(C)(C)C.C=C([C@H](N)Cc1ccc(Cl)cc1Cl)C(C)(C)C.C=C([C@H](N)Cc1ccc(F)c(F)c1)C(C)(C)C.C=C([C@H](N)Cc1ccccc1F)C(C)(C)C. The van der Waals surface area contributed by atoms with Crippen molar-refractivity contribution in [2.75, 3.05) is 7.05 Å². The third kappa shape index (κ3) is 47.2. The number of rotatable bonds is 25. The van der Waals surface area contributed by atoms with E-state index in [0.29, 0.717) is 56.5 Å². The van der Waals surface area contributed by atoms with E-state index in [4.69, 9.17) is 98.1 Å². The summed E-state index contributed by atoms with van der Waals surface area (Å²) in [6.45, 7) is 87.8. The summed E-state index contributed by atoms with van der Waals surface area (Å²) in [5, 5.41) is 6.56. The predicted octanol–water partition coefficient (Wildman–Crippen LogP) is 30.6. The molecule has 8 atom stereocenters. The second-order valence-corrected chi connectivity index (χ2v) is 46.0. The van der Waals surface area contributed by atoms with E-state index in [-0.39, 0.29) is 91.4 Å². The van der Waals surface area contributed by atoms with Crippen LogP contribution in [-0.4, -0.2) is 55.4 Å². The van der Waals surface area contributed by atoms with E-state index in [0.717, 1.165) is 97.8 Å². The first-order valence-electron chi connectivity index (χ1n) is 45.4. The van der Waals surface area contributed by atoms with Crippen molar-refractivity contribution in [3.63, 3.8) is 0 Å². The van der Waals surface area contributed by atoms with Gasteiger partial charge in [-0.2, -0.15) is 0 Å². The van der Waals surface area contributed by atoms with Crippen LogP contribution in [0.2, 0.25) is 25.1 Å². The van der Waals surface area contributed by atoms with E-state index in [1.165, 1.54) is 51.1 Å². The van der Waals surface area contributed by atoms with Crippen molar-refractivity contribution < 1.29 is 13.2 Å². The zero-order valence-electron chi connectivity index (χ0n) is 85.1. The smallest absolute Gasteiger partial charge is 0.159 e. The van der Waals surface area contributed by atoms with Crippen LogP contribution in [0.4, 0.5) is 13.2 Å². The Morgan fingerprint density at radius 3 is 0.864 bits per heavy atom. The summed E-state index contributed by atoms with van der Waals surface area (Å²) in [6.07, 6.45) is 5.93. The number of likely N-dealkylation sites (N-methyl/N-ethyl adjacent to an activating group) is 1. The third-order valence-electron chi connectivity index (χ3n) is 23.2. The lowest BCUT2D eigenvalue weighted by Gasteiger charge is -2.29. The molecule has 0 aliphatic rings. The number of nitrogens with one attached hydrogen (secondary N) is 1. The standard InChI is InChI=1S/C15H22ClN.2C15H23N.C14H20BrN.2C14H19Cl2N.C14H19F2N.C14H20FN/c1-11(15(2,3)4)14(17-5)10-12-6-8-13(16)9-7-12;2*1-11-6-8-13(9-7-11)10-14(16)12(2)15(3,4)5;1-10(14(2,3)4)13(16)9-11-5-7-12(15)8-6-11;1-9(14(2,3)4)13(17)7-10-5-6-11(15)8-12(10)16;2*1-9(14(2,3)4)13(17)8-10-5-6-11(15)12(16)7-10;1-10(14(2,3)4)13(16)9-11-7-5-6-8-12(11)15/h6-9,14,17H,1,10H2,2-5H3;2*6-9,14H,2,10,16H2,1,3-5H3;5-8,13H,1,9,16H2,2-4H3;5-6,8,13H,1,7,17H2,2-4H3;2*5-7,13H,1,8,17H2,2-4H3;5-8,13H,1,9,16H2,2-4H3/t3*14-;5*13-/m11111111/s1. The fourth-order valence-corrected chi connectivity index (χ4v) is 14.2. The molecule has 0 spiro atoms. The van der Waals surface area contributed by atoms with Crippen molar-refractivity contribution in [1.82, 2.24) is 5.32 Å². The van der Waals surface area contributed by atoms with Gasteiger partial charge in [0, 0.05) is 67.9 Å². The Hall–Kier alpha value is -6.92. The van der Waals surface area contributed by atoms with Gasteiger partial charge in [0.1, 0.15) is 5.82 Å². The van der Waals surface area contributed by atoms with Crippen LogP contribution in [0.3, 0.4) is 0 Å². The first-order chi connectivity index (χ1) is 60.2. The molecule has 0 amide bonds. The van der Waals surface area contributed by atoms with Gasteiger partial charge in [0.2, 0.25) is 0 Å². The topological polar surface area (TPSA) is 194 Å². The molecule has 8 nitrogen and oxygen atoms in total. The maximum absolute atomic E-state index is 13.4. The molecule has 8 rings (SSSR count). The van der Waals surface area contributed by atoms with Crippen LogP contribution in [0.1, 0.15) is 222 Å². The number of nitrogens with two attached hydrogens (primary N) is 7. The molecule has 0 bridgehead atoms. The van der Waals surface area contributed by atoms with Gasteiger partial charge in [-0.25, -0.2) is 13.2 Å². The van der Waals surface area contributed by atoms with Crippen LogP contribution in [-0.2, 0) is 51.4 Å².